The van der Waals surface area contributed by atoms with Gasteiger partial charge in [-0.1, -0.05) is 20.8 Å². The number of nitrogens with one attached hydrogen (secondary N) is 2. The molecule has 4 heteroatoms. The predicted octanol–water partition coefficient (Wildman–Crippen LogP) is 2.68. The molecule has 1 amide bonds. The van der Waals surface area contributed by atoms with Gasteiger partial charge in [0.25, 0.3) is 5.91 Å². The van der Waals surface area contributed by atoms with E-state index in [0.717, 1.165) is 25.1 Å². The van der Waals surface area contributed by atoms with Gasteiger partial charge < -0.3 is 10.6 Å². The zero-order valence-corrected chi connectivity index (χ0v) is 11.5. The minimum Gasteiger partial charge on any atom is -0.384 e. The predicted molar refractivity (Wildman–Crippen MR) is 74.8 cm³/mol. The van der Waals surface area contributed by atoms with E-state index in [9.17, 15) is 4.79 Å². The zero-order valence-electron chi connectivity index (χ0n) is 11.5. The Hall–Kier alpha value is -1.58. The molecule has 0 atom stereocenters. The first kappa shape index (κ1) is 14.5. The molecular weight excluding hydrogens is 226 g/mol. The highest BCUT2D eigenvalue weighted by Gasteiger charge is 2.06. The molecule has 1 aromatic heterocycles. The second kappa shape index (κ2) is 7.69. The Morgan fingerprint density at radius 2 is 2.11 bits per heavy atom. The van der Waals surface area contributed by atoms with Gasteiger partial charge in [0.15, 0.2) is 0 Å². The molecule has 0 fully saturated rings. The van der Waals surface area contributed by atoms with Crippen LogP contribution in [0.25, 0.3) is 0 Å². The van der Waals surface area contributed by atoms with Crippen LogP contribution in [0.5, 0.6) is 0 Å². The second-order valence-corrected chi connectivity index (χ2v) is 4.80. The van der Waals surface area contributed by atoms with Gasteiger partial charge >= 0.3 is 0 Å². The highest BCUT2D eigenvalue weighted by molar-refractivity contribution is 5.92. The van der Waals surface area contributed by atoms with Crippen LogP contribution in [0.2, 0.25) is 0 Å². The number of carbonyl (C=O) groups is 1. The Labute approximate surface area is 109 Å². The lowest BCUT2D eigenvalue weighted by atomic mass is 10.1. The quantitative estimate of drug-likeness (QED) is 0.781. The van der Waals surface area contributed by atoms with Crippen molar-refractivity contribution in [2.45, 2.75) is 33.6 Å². The molecule has 0 aliphatic carbocycles. The summed E-state index contributed by atoms with van der Waals surface area (Å²) in [5, 5.41) is 6.10. The van der Waals surface area contributed by atoms with Crippen molar-refractivity contribution in [2.75, 3.05) is 18.4 Å². The Balaban J connectivity index is 2.43. The number of pyridine rings is 1. The Bertz CT molecular complexity index is 360. The summed E-state index contributed by atoms with van der Waals surface area (Å²) in [6, 6.07) is 3.64. The van der Waals surface area contributed by atoms with Crippen molar-refractivity contribution in [3.05, 3.63) is 24.0 Å². The number of nitrogens with zero attached hydrogens (tertiary/aromatic N) is 1. The van der Waals surface area contributed by atoms with Crippen LogP contribution in [-0.4, -0.2) is 24.0 Å². The van der Waals surface area contributed by atoms with E-state index in [4.69, 9.17) is 0 Å². The van der Waals surface area contributed by atoms with Gasteiger partial charge in [0, 0.05) is 13.1 Å². The van der Waals surface area contributed by atoms with Gasteiger partial charge in [0.2, 0.25) is 0 Å². The third-order valence-corrected chi connectivity index (χ3v) is 2.58. The molecule has 2 N–H and O–H groups in total. The Morgan fingerprint density at radius 1 is 1.33 bits per heavy atom. The molecule has 0 saturated carbocycles. The van der Waals surface area contributed by atoms with E-state index >= 15 is 0 Å². The van der Waals surface area contributed by atoms with Gasteiger partial charge in [-0.25, -0.2) is 4.98 Å². The molecule has 100 valence electrons. The van der Waals surface area contributed by atoms with E-state index < -0.39 is 0 Å². The molecule has 1 rings (SSSR count). The maximum Gasteiger partial charge on any atom is 0.269 e. The number of anilines is 1. The van der Waals surface area contributed by atoms with Crippen LogP contribution in [0.15, 0.2) is 18.3 Å². The third kappa shape index (κ3) is 5.17. The normalized spacial score (nSPS) is 10.4. The van der Waals surface area contributed by atoms with E-state index in [-0.39, 0.29) is 5.91 Å². The molecule has 1 heterocycles. The van der Waals surface area contributed by atoms with Gasteiger partial charge in [-0.15, -0.1) is 0 Å². The monoisotopic (exact) mass is 249 g/mol. The molecule has 0 aliphatic heterocycles. The molecule has 0 saturated heterocycles. The van der Waals surface area contributed by atoms with Crippen molar-refractivity contribution in [3.63, 3.8) is 0 Å². The summed E-state index contributed by atoms with van der Waals surface area (Å²) in [4.78, 5) is 15.9. The minimum atomic E-state index is -0.0994. The molecule has 0 unspecified atom stereocenters. The first-order valence-corrected chi connectivity index (χ1v) is 6.61. The maximum atomic E-state index is 11.8. The van der Waals surface area contributed by atoms with Crippen molar-refractivity contribution in [2.24, 2.45) is 5.92 Å². The van der Waals surface area contributed by atoms with Gasteiger partial charge in [-0.05, 0) is 30.9 Å². The van der Waals surface area contributed by atoms with Gasteiger partial charge in [0.05, 0.1) is 11.9 Å². The summed E-state index contributed by atoms with van der Waals surface area (Å²) in [6.45, 7) is 8.00. The van der Waals surface area contributed by atoms with E-state index in [1.54, 1.807) is 12.3 Å². The molecule has 0 aromatic carbocycles. The van der Waals surface area contributed by atoms with Crippen LogP contribution in [-0.2, 0) is 0 Å². The molecule has 4 nitrogen and oxygen atoms in total. The number of hydrogen-bond donors (Lipinski definition) is 2. The average Bonchev–Trinajstić information content (AvgIpc) is 2.36. The maximum absolute atomic E-state index is 11.8. The summed E-state index contributed by atoms with van der Waals surface area (Å²) in [7, 11) is 0. The topological polar surface area (TPSA) is 54.0 Å². The number of hydrogen-bond acceptors (Lipinski definition) is 3. The summed E-state index contributed by atoms with van der Waals surface area (Å²) < 4.78 is 0. The van der Waals surface area contributed by atoms with Crippen LogP contribution in [0, 0.1) is 5.92 Å². The number of aromatic nitrogens is 1. The fraction of sp³-hybridized carbons (Fsp3) is 0.571. The molecule has 0 aliphatic rings. The number of amides is 1. The van der Waals surface area contributed by atoms with E-state index in [1.165, 1.54) is 0 Å². The van der Waals surface area contributed by atoms with Crippen molar-refractivity contribution in [1.29, 1.82) is 0 Å². The van der Waals surface area contributed by atoms with Crippen LogP contribution in [0.3, 0.4) is 0 Å². The first-order valence-electron chi connectivity index (χ1n) is 6.61. The summed E-state index contributed by atoms with van der Waals surface area (Å²) in [6.07, 6.45) is 3.76. The SMILES string of the molecule is CCCNc1ccc(C(=O)NCCC(C)C)nc1. The van der Waals surface area contributed by atoms with Crippen molar-refractivity contribution < 1.29 is 4.79 Å². The van der Waals surface area contributed by atoms with Crippen LogP contribution in [0.4, 0.5) is 5.69 Å². The molecule has 0 radical (unpaired) electrons. The van der Waals surface area contributed by atoms with Crippen molar-refractivity contribution in [1.82, 2.24) is 10.3 Å². The number of rotatable bonds is 7. The fourth-order valence-corrected chi connectivity index (χ4v) is 1.47. The Morgan fingerprint density at radius 3 is 2.67 bits per heavy atom. The van der Waals surface area contributed by atoms with E-state index in [2.05, 4.69) is 36.4 Å². The van der Waals surface area contributed by atoms with Crippen molar-refractivity contribution >= 4 is 11.6 Å². The molecule has 0 spiro atoms. The second-order valence-electron chi connectivity index (χ2n) is 4.80. The minimum absolute atomic E-state index is 0.0994. The lowest BCUT2D eigenvalue weighted by molar-refractivity contribution is 0.0947. The summed E-state index contributed by atoms with van der Waals surface area (Å²) in [5.74, 6) is 0.497. The number of carbonyl (C=O) groups excluding carboxylic acids is 1. The van der Waals surface area contributed by atoms with E-state index in [1.807, 2.05) is 6.07 Å². The summed E-state index contributed by atoms with van der Waals surface area (Å²) >= 11 is 0. The fourth-order valence-electron chi connectivity index (χ4n) is 1.47. The lowest BCUT2D eigenvalue weighted by Crippen LogP contribution is -2.26. The van der Waals surface area contributed by atoms with E-state index in [0.29, 0.717) is 18.2 Å². The Kier molecular flexibility index (Phi) is 6.19. The van der Waals surface area contributed by atoms with Crippen LogP contribution in [0.1, 0.15) is 44.1 Å². The largest absolute Gasteiger partial charge is 0.384 e. The van der Waals surface area contributed by atoms with Gasteiger partial charge in [-0.2, -0.15) is 0 Å². The standard InChI is InChI=1S/C14H23N3O/c1-4-8-15-12-5-6-13(17-10-12)14(18)16-9-7-11(2)3/h5-6,10-11,15H,4,7-9H2,1-3H3,(H,16,18). The van der Waals surface area contributed by atoms with Gasteiger partial charge in [-0.3, -0.25) is 4.79 Å². The van der Waals surface area contributed by atoms with Crippen LogP contribution < -0.4 is 10.6 Å². The average molecular weight is 249 g/mol. The first-order chi connectivity index (χ1) is 8.63. The highest BCUT2D eigenvalue weighted by atomic mass is 16.1. The lowest BCUT2D eigenvalue weighted by Gasteiger charge is -2.08. The molecular formula is C14H23N3O. The molecule has 0 bridgehead atoms. The van der Waals surface area contributed by atoms with Crippen LogP contribution >= 0.6 is 0 Å². The third-order valence-electron chi connectivity index (χ3n) is 2.58. The smallest absolute Gasteiger partial charge is 0.269 e. The zero-order chi connectivity index (χ0) is 13.4. The highest BCUT2D eigenvalue weighted by Crippen LogP contribution is 2.06. The molecule has 1 aromatic rings. The summed E-state index contributed by atoms with van der Waals surface area (Å²) in [5.41, 5.74) is 1.43. The molecule has 18 heavy (non-hydrogen) atoms. The van der Waals surface area contributed by atoms with Gasteiger partial charge in [0.1, 0.15) is 5.69 Å². The van der Waals surface area contributed by atoms with Crippen molar-refractivity contribution in [3.8, 4) is 0 Å².